The maximum atomic E-state index is 12.3. The van der Waals surface area contributed by atoms with Crippen molar-refractivity contribution in [3.8, 4) is 11.4 Å². The molecule has 4 heterocycles. The fourth-order valence-electron chi connectivity index (χ4n) is 4.15. The Labute approximate surface area is 198 Å². The summed E-state index contributed by atoms with van der Waals surface area (Å²) < 4.78 is 5.98. The normalized spacial score (nSPS) is 19.1. The molecular weight excluding hydrogens is 432 g/mol. The summed E-state index contributed by atoms with van der Waals surface area (Å²) in [6.07, 6.45) is 5.91. The lowest BCUT2D eigenvalue weighted by molar-refractivity contribution is 0.0299. The van der Waals surface area contributed by atoms with Gasteiger partial charge in [-0.25, -0.2) is 4.79 Å². The summed E-state index contributed by atoms with van der Waals surface area (Å²) >= 11 is 0. The number of ether oxygens (including phenoxy) is 1. The van der Waals surface area contributed by atoms with Crippen LogP contribution in [0.2, 0.25) is 0 Å². The molecule has 2 aromatic heterocycles. The second-order valence-electron chi connectivity index (χ2n) is 8.53. The minimum atomic E-state index is -0.336. The molecule has 2 aliphatic rings. The molecule has 34 heavy (non-hydrogen) atoms. The van der Waals surface area contributed by atoms with Crippen LogP contribution in [0.15, 0.2) is 48.8 Å². The molecule has 2 atom stereocenters. The van der Waals surface area contributed by atoms with E-state index in [1.54, 1.807) is 24.5 Å². The Morgan fingerprint density at radius 3 is 2.47 bits per heavy atom. The van der Waals surface area contributed by atoms with E-state index >= 15 is 0 Å². The van der Waals surface area contributed by atoms with Crippen LogP contribution >= 0.6 is 0 Å². The predicted molar refractivity (Wildman–Crippen MR) is 131 cm³/mol. The number of hydrogen-bond donors (Lipinski definition) is 2. The van der Waals surface area contributed by atoms with E-state index in [-0.39, 0.29) is 18.2 Å². The highest BCUT2D eigenvalue weighted by Crippen LogP contribution is 2.30. The van der Waals surface area contributed by atoms with Crippen LogP contribution in [-0.2, 0) is 4.74 Å². The molecule has 1 aromatic carbocycles. The summed E-state index contributed by atoms with van der Waals surface area (Å²) in [7, 11) is 1.97. The average molecular weight is 461 g/mol. The highest BCUT2D eigenvalue weighted by atomic mass is 16.5. The summed E-state index contributed by atoms with van der Waals surface area (Å²) in [5, 5.41) is 5.58. The van der Waals surface area contributed by atoms with E-state index in [0.29, 0.717) is 29.1 Å². The Bertz CT molecular complexity index is 1130. The first-order valence-corrected chi connectivity index (χ1v) is 11.5. The summed E-state index contributed by atoms with van der Waals surface area (Å²) in [5.74, 6) is 1.92. The number of anilines is 4. The molecule has 176 valence electrons. The lowest BCUT2D eigenvalue weighted by atomic mass is 10.2. The number of carbonyl (C=O) groups excluding carboxylic acids is 1. The van der Waals surface area contributed by atoms with Crippen molar-refractivity contribution in [2.24, 2.45) is 0 Å². The van der Waals surface area contributed by atoms with E-state index in [1.807, 2.05) is 36.2 Å². The van der Waals surface area contributed by atoms with Crippen molar-refractivity contribution < 1.29 is 9.53 Å². The second kappa shape index (κ2) is 9.60. The quantitative estimate of drug-likeness (QED) is 0.576. The monoisotopic (exact) mass is 460 g/mol. The Kier molecular flexibility index (Phi) is 6.22. The number of pyridine rings is 1. The number of amides is 2. The van der Waals surface area contributed by atoms with Crippen LogP contribution in [0.1, 0.15) is 19.8 Å². The molecular formula is C24H28N8O2. The number of morpholine rings is 1. The lowest BCUT2D eigenvalue weighted by Gasteiger charge is -2.32. The molecule has 2 fully saturated rings. The summed E-state index contributed by atoms with van der Waals surface area (Å²) in [5.41, 5.74) is 2.14. The van der Waals surface area contributed by atoms with Crippen molar-refractivity contribution in [1.82, 2.24) is 19.9 Å². The van der Waals surface area contributed by atoms with Crippen molar-refractivity contribution in [1.29, 1.82) is 0 Å². The van der Waals surface area contributed by atoms with E-state index in [1.165, 1.54) is 0 Å². The zero-order chi connectivity index (χ0) is 23.5. The van der Waals surface area contributed by atoms with Gasteiger partial charge < -0.3 is 25.2 Å². The number of nitrogens with zero attached hydrogens (tertiary/aromatic N) is 6. The molecule has 10 heteroatoms. The Morgan fingerprint density at radius 2 is 1.79 bits per heavy atom. The van der Waals surface area contributed by atoms with E-state index in [4.69, 9.17) is 19.7 Å². The first kappa shape index (κ1) is 22.0. The van der Waals surface area contributed by atoms with Gasteiger partial charge in [0.1, 0.15) is 0 Å². The minimum absolute atomic E-state index is 0.245. The van der Waals surface area contributed by atoms with Crippen LogP contribution in [0.5, 0.6) is 0 Å². The van der Waals surface area contributed by atoms with Crippen molar-refractivity contribution in [2.45, 2.75) is 32.0 Å². The van der Waals surface area contributed by atoms with Gasteiger partial charge in [0.25, 0.3) is 0 Å². The van der Waals surface area contributed by atoms with Gasteiger partial charge in [0.05, 0.1) is 24.1 Å². The molecule has 0 radical (unpaired) electrons. The first-order valence-electron chi connectivity index (χ1n) is 11.5. The van der Waals surface area contributed by atoms with Crippen LogP contribution < -0.4 is 20.4 Å². The third-order valence-electron chi connectivity index (χ3n) is 6.07. The second-order valence-corrected chi connectivity index (χ2v) is 8.53. The smallest absolute Gasteiger partial charge is 0.323 e. The number of benzene rings is 1. The zero-order valence-corrected chi connectivity index (χ0v) is 19.3. The number of nitrogens with one attached hydrogen (secondary N) is 2. The number of fused-ring (bicyclic) bond motifs is 2. The number of carbonyl (C=O) groups is 1. The largest absolute Gasteiger partial charge is 0.371 e. The van der Waals surface area contributed by atoms with Gasteiger partial charge in [-0.3, -0.25) is 4.98 Å². The van der Waals surface area contributed by atoms with E-state index in [0.717, 1.165) is 38.0 Å². The summed E-state index contributed by atoms with van der Waals surface area (Å²) in [6.45, 7) is 4.44. The van der Waals surface area contributed by atoms with E-state index in [9.17, 15) is 4.79 Å². The van der Waals surface area contributed by atoms with E-state index < -0.39 is 0 Å². The third kappa shape index (κ3) is 4.91. The highest BCUT2D eigenvalue weighted by molar-refractivity contribution is 5.99. The lowest BCUT2D eigenvalue weighted by Crippen LogP contribution is -2.43. The molecule has 10 nitrogen and oxygen atoms in total. The molecule has 2 unspecified atom stereocenters. The SMILES string of the molecule is CCN(C)c1nc(-c2ccc(NC(=O)Nc3cccnc3)cc2)nc(N2CC3CCC(C2)O3)n1. The van der Waals surface area contributed by atoms with Crippen LogP contribution in [0.25, 0.3) is 11.4 Å². The van der Waals surface area contributed by atoms with Gasteiger partial charge in [-0.1, -0.05) is 0 Å². The number of hydrogen-bond acceptors (Lipinski definition) is 8. The molecule has 0 spiro atoms. The number of rotatable bonds is 6. The van der Waals surface area contributed by atoms with Gasteiger partial charge in [0, 0.05) is 44.1 Å². The first-order chi connectivity index (χ1) is 16.6. The van der Waals surface area contributed by atoms with Gasteiger partial charge >= 0.3 is 6.03 Å². The third-order valence-corrected chi connectivity index (χ3v) is 6.07. The maximum Gasteiger partial charge on any atom is 0.323 e. The minimum Gasteiger partial charge on any atom is -0.371 e. The number of urea groups is 1. The molecule has 5 rings (SSSR count). The van der Waals surface area contributed by atoms with Gasteiger partial charge in [0.15, 0.2) is 5.82 Å². The van der Waals surface area contributed by atoms with Gasteiger partial charge in [-0.15, -0.1) is 0 Å². The Balaban J connectivity index is 1.35. The predicted octanol–water partition coefficient (Wildman–Crippen LogP) is 3.40. The molecule has 2 aliphatic heterocycles. The van der Waals surface area contributed by atoms with Crippen molar-refractivity contribution in [2.75, 3.05) is 47.1 Å². The van der Waals surface area contributed by atoms with Crippen molar-refractivity contribution in [3.63, 3.8) is 0 Å². The average Bonchev–Trinajstić information content (AvgIpc) is 3.21. The van der Waals surface area contributed by atoms with Crippen LogP contribution in [0.4, 0.5) is 28.1 Å². The van der Waals surface area contributed by atoms with E-state index in [2.05, 4.69) is 27.4 Å². The number of aromatic nitrogens is 4. The van der Waals surface area contributed by atoms with Crippen molar-refractivity contribution >= 4 is 29.3 Å². The molecule has 3 aromatic rings. The molecule has 2 N–H and O–H groups in total. The molecule has 2 bridgehead atoms. The molecule has 2 saturated heterocycles. The fraction of sp³-hybridized carbons (Fsp3) is 0.375. The Hall–Kier alpha value is -3.79. The summed E-state index contributed by atoms with van der Waals surface area (Å²) in [6, 6.07) is 10.7. The summed E-state index contributed by atoms with van der Waals surface area (Å²) in [4.78, 5) is 34.7. The van der Waals surface area contributed by atoms with Crippen LogP contribution in [0.3, 0.4) is 0 Å². The van der Waals surface area contributed by atoms with Crippen LogP contribution in [-0.4, -0.2) is 64.9 Å². The standard InChI is InChI=1S/C24H28N8O2/c1-3-31(2)22-28-21(29-23(30-22)32-14-19-10-11-20(15-32)34-19)16-6-8-17(9-7-16)26-24(33)27-18-5-4-12-25-13-18/h4-9,12-13,19-20H,3,10-11,14-15H2,1-2H3,(H2,26,27,33). The van der Waals surface area contributed by atoms with Crippen LogP contribution in [0, 0.1) is 0 Å². The molecule has 0 saturated carbocycles. The fourth-order valence-corrected chi connectivity index (χ4v) is 4.15. The molecule has 0 aliphatic carbocycles. The topological polar surface area (TPSA) is 108 Å². The zero-order valence-electron chi connectivity index (χ0n) is 19.3. The van der Waals surface area contributed by atoms with Crippen molar-refractivity contribution in [3.05, 3.63) is 48.8 Å². The highest BCUT2D eigenvalue weighted by Gasteiger charge is 2.35. The maximum absolute atomic E-state index is 12.3. The van der Waals surface area contributed by atoms with Gasteiger partial charge in [-0.2, -0.15) is 15.0 Å². The van der Waals surface area contributed by atoms with Gasteiger partial charge in [-0.05, 0) is 56.2 Å². The Morgan fingerprint density at radius 1 is 1.06 bits per heavy atom. The van der Waals surface area contributed by atoms with Gasteiger partial charge in [0.2, 0.25) is 11.9 Å². The molecule has 2 amide bonds.